The van der Waals surface area contributed by atoms with Gasteiger partial charge in [-0.3, -0.25) is 10.1 Å². The number of esters is 1. The highest BCUT2D eigenvalue weighted by molar-refractivity contribution is 5.85. The van der Waals surface area contributed by atoms with Gasteiger partial charge in [0.25, 0.3) is 17.4 Å². The van der Waals surface area contributed by atoms with Crippen molar-refractivity contribution in [3.63, 3.8) is 0 Å². The quantitative estimate of drug-likeness (QED) is 0.470. The standard InChI is InChI=1S/C11H9N3O5/c1-2-18-11(15)9-12-10(19-13-9)7-4-3-5-8(6-7)14(16)17/h3-6H,2H2,1H3. The molecule has 0 unspecified atom stereocenters. The highest BCUT2D eigenvalue weighted by Gasteiger charge is 2.17. The first-order valence-electron chi connectivity index (χ1n) is 5.37. The van der Waals surface area contributed by atoms with E-state index in [1.807, 2.05) is 0 Å². The molecule has 98 valence electrons. The van der Waals surface area contributed by atoms with E-state index in [1.54, 1.807) is 13.0 Å². The molecule has 0 aliphatic carbocycles. The Hall–Kier alpha value is -2.77. The van der Waals surface area contributed by atoms with Gasteiger partial charge in [-0.15, -0.1) is 0 Å². The van der Waals surface area contributed by atoms with Crippen LogP contribution in [0.4, 0.5) is 5.69 Å². The predicted octanol–water partition coefficient (Wildman–Crippen LogP) is 1.82. The van der Waals surface area contributed by atoms with Gasteiger partial charge in [0, 0.05) is 17.7 Å². The molecule has 8 heteroatoms. The van der Waals surface area contributed by atoms with E-state index >= 15 is 0 Å². The molecule has 19 heavy (non-hydrogen) atoms. The lowest BCUT2D eigenvalue weighted by molar-refractivity contribution is -0.384. The van der Waals surface area contributed by atoms with E-state index in [-0.39, 0.29) is 24.0 Å². The molecule has 1 aromatic carbocycles. The maximum absolute atomic E-state index is 11.3. The fourth-order valence-electron chi connectivity index (χ4n) is 1.37. The third-order valence-electron chi connectivity index (χ3n) is 2.19. The van der Waals surface area contributed by atoms with Crippen LogP contribution in [0.2, 0.25) is 0 Å². The number of benzene rings is 1. The molecule has 8 nitrogen and oxygen atoms in total. The van der Waals surface area contributed by atoms with Crippen molar-refractivity contribution in [2.75, 3.05) is 6.61 Å². The Morgan fingerprint density at radius 3 is 3.00 bits per heavy atom. The predicted molar refractivity (Wildman–Crippen MR) is 62.3 cm³/mol. The minimum absolute atomic E-state index is 0.0201. The second kappa shape index (κ2) is 5.25. The first kappa shape index (κ1) is 12.7. The Bertz CT molecular complexity index is 622. The van der Waals surface area contributed by atoms with Crippen molar-refractivity contribution in [2.45, 2.75) is 6.92 Å². The van der Waals surface area contributed by atoms with E-state index in [1.165, 1.54) is 18.2 Å². The summed E-state index contributed by atoms with van der Waals surface area (Å²) in [5.41, 5.74) is 0.255. The SMILES string of the molecule is CCOC(=O)c1noc(-c2cccc([N+](=O)[O-])c2)n1. The number of hydrogen-bond donors (Lipinski definition) is 0. The van der Waals surface area contributed by atoms with Gasteiger partial charge in [0.1, 0.15) is 0 Å². The fraction of sp³-hybridized carbons (Fsp3) is 0.182. The Labute approximate surface area is 107 Å². The van der Waals surface area contributed by atoms with Crippen molar-refractivity contribution < 1.29 is 19.0 Å². The summed E-state index contributed by atoms with van der Waals surface area (Å²) in [6, 6.07) is 5.67. The van der Waals surface area contributed by atoms with Crippen LogP contribution in [-0.2, 0) is 4.74 Å². The molecule has 0 saturated carbocycles. The average molecular weight is 263 g/mol. The Kier molecular flexibility index (Phi) is 3.51. The molecule has 0 aliphatic heterocycles. The zero-order chi connectivity index (χ0) is 13.8. The van der Waals surface area contributed by atoms with Gasteiger partial charge in [-0.25, -0.2) is 4.79 Å². The molecule has 0 aliphatic rings. The molecule has 1 heterocycles. The molecular weight excluding hydrogens is 254 g/mol. The van der Waals surface area contributed by atoms with Crippen LogP contribution in [-0.4, -0.2) is 27.6 Å². The molecule has 0 N–H and O–H groups in total. The van der Waals surface area contributed by atoms with Gasteiger partial charge in [0.05, 0.1) is 11.5 Å². The Balaban J connectivity index is 2.30. The van der Waals surface area contributed by atoms with Gasteiger partial charge in [0.2, 0.25) is 0 Å². The van der Waals surface area contributed by atoms with Crippen LogP contribution in [0.25, 0.3) is 11.5 Å². The van der Waals surface area contributed by atoms with E-state index in [9.17, 15) is 14.9 Å². The molecule has 2 rings (SSSR count). The van der Waals surface area contributed by atoms with E-state index in [2.05, 4.69) is 10.1 Å². The van der Waals surface area contributed by atoms with E-state index in [4.69, 9.17) is 9.26 Å². The minimum Gasteiger partial charge on any atom is -0.460 e. The Morgan fingerprint density at radius 1 is 1.53 bits per heavy atom. The Morgan fingerprint density at radius 2 is 2.32 bits per heavy atom. The van der Waals surface area contributed by atoms with Crippen molar-refractivity contribution in [1.29, 1.82) is 0 Å². The monoisotopic (exact) mass is 263 g/mol. The smallest absolute Gasteiger partial charge is 0.379 e. The normalized spacial score (nSPS) is 10.2. The number of nitro groups is 1. The van der Waals surface area contributed by atoms with Gasteiger partial charge in [0.15, 0.2) is 0 Å². The lowest BCUT2D eigenvalue weighted by Gasteiger charge is -1.94. The van der Waals surface area contributed by atoms with Crippen molar-refractivity contribution in [3.8, 4) is 11.5 Å². The van der Waals surface area contributed by atoms with Gasteiger partial charge in [-0.1, -0.05) is 6.07 Å². The van der Waals surface area contributed by atoms with Gasteiger partial charge in [-0.2, -0.15) is 4.98 Å². The van der Waals surface area contributed by atoms with Crippen molar-refractivity contribution in [2.24, 2.45) is 0 Å². The number of non-ortho nitro benzene ring substituents is 1. The number of carbonyl (C=O) groups excluding carboxylic acids is 1. The van der Waals surface area contributed by atoms with Gasteiger partial charge < -0.3 is 9.26 Å². The number of nitrogens with zero attached hydrogens (tertiary/aromatic N) is 3. The molecule has 0 saturated heterocycles. The lowest BCUT2D eigenvalue weighted by atomic mass is 10.2. The summed E-state index contributed by atoms with van der Waals surface area (Å²) in [7, 11) is 0. The fourth-order valence-corrected chi connectivity index (χ4v) is 1.37. The number of aromatic nitrogens is 2. The molecule has 0 atom stereocenters. The van der Waals surface area contributed by atoms with Crippen LogP contribution < -0.4 is 0 Å². The highest BCUT2D eigenvalue weighted by Crippen LogP contribution is 2.22. The number of nitro benzene ring substituents is 1. The second-order valence-corrected chi connectivity index (χ2v) is 3.45. The summed E-state index contributed by atoms with van der Waals surface area (Å²) >= 11 is 0. The highest BCUT2D eigenvalue weighted by atomic mass is 16.6. The first-order valence-corrected chi connectivity index (χ1v) is 5.37. The van der Waals surface area contributed by atoms with Crippen LogP contribution in [0.15, 0.2) is 28.8 Å². The largest absolute Gasteiger partial charge is 0.460 e. The van der Waals surface area contributed by atoms with Crippen molar-refractivity contribution in [3.05, 3.63) is 40.2 Å². The van der Waals surface area contributed by atoms with E-state index in [0.29, 0.717) is 5.56 Å². The molecular formula is C11H9N3O5. The topological polar surface area (TPSA) is 108 Å². The van der Waals surface area contributed by atoms with Crippen LogP contribution >= 0.6 is 0 Å². The van der Waals surface area contributed by atoms with Crippen LogP contribution in [0.5, 0.6) is 0 Å². The molecule has 0 spiro atoms. The number of rotatable bonds is 4. The van der Waals surface area contributed by atoms with Crippen molar-refractivity contribution in [1.82, 2.24) is 10.1 Å². The summed E-state index contributed by atoms with van der Waals surface area (Å²) in [4.78, 5) is 25.3. The number of hydrogen-bond acceptors (Lipinski definition) is 7. The minimum atomic E-state index is -0.706. The molecule has 0 bridgehead atoms. The third-order valence-corrected chi connectivity index (χ3v) is 2.19. The molecule has 0 radical (unpaired) electrons. The van der Waals surface area contributed by atoms with Crippen molar-refractivity contribution >= 4 is 11.7 Å². The maximum Gasteiger partial charge on any atom is 0.379 e. The number of carbonyl (C=O) groups is 1. The molecule has 0 fully saturated rings. The summed E-state index contributed by atoms with van der Waals surface area (Å²) in [6.07, 6.45) is 0. The lowest BCUT2D eigenvalue weighted by Crippen LogP contribution is -2.06. The zero-order valence-electron chi connectivity index (χ0n) is 9.90. The summed E-state index contributed by atoms with van der Waals surface area (Å²) in [6.45, 7) is 1.85. The molecule has 2 aromatic rings. The summed E-state index contributed by atoms with van der Waals surface area (Å²) in [5, 5.41) is 14.1. The first-order chi connectivity index (χ1) is 9.11. The zero-order valence-corrected chi connectivity index (χ0v) is 9.90. The van der Waals surface area contributed by atoms with Gasteiger partial charge >= 0.3 is 5.97 Å². The van der Waals surface area contributed by atoms with Crippen LogP contribution in [0.3, 0.4) is 0 Å². The average Bonchev–Trinajstić information content (AvgIpc) is 2.89. The molecule has 1 aromatic heterocycles. The van der Waals surface area contributed by atoms with Crippen LogP contribution in [0.1, 0.15) is 17.5 Å². The maximum atomic E-state index is 11.3. The van der Waals surface area contributed by atoms with Gasteiger partial charge in [-0.05, 0) is 18.1 Å². The molecule has 0 amide bonds. The van der Waals surface area contributed by atoms with E-state index < -0.39 is 10.9 Å². The van der Waals surface area contributed by atoms with E-state index in [0.717, 1.165) is 0 Å². The van der Waals surface area contributed by atoms with Crippen LogP contribution in [0, 0.1) is 10.1 Å². The second-order valence-electron chi connectivity index (χ2n) is 3.45. The number of ether oxygens (including phenoxy) is 1. The summed E-state index contributed by atoms with van der Waals surface area (Å²) < 4.78 is 9.58. The third kappa shape index (κ3) is 2.73. The summed E-state index contributed by atoms with van der Waals surface area (Å²) in [5.74, 6) is -0.905.